The summed E-state index contributed by atoms with van der Waals surface area (Å²) in [6.07, 6.45) is 7.05. The third-order valence-corrected chi connectivity index (χ3v) is 6.19. The highest BCUT2D eigenvalue weighted by Gasteiger charge is 2.43. The van der Waals surface area contributed by atoms with Gasteiger partial charge in [-0.25, -0.2) is 18.6 Å². The van der Waals surface area contributed by atoms with Crippen molar-refractivity contribution < 1.29 is 18.7 Å². The summed E-state index contributed by atoms with van der Waals surface area (Å²) in [6, 6.07) is 2.09. The highest BCUT2D eigenvalue weighted by molar-refractivity contribution is 6.06. The summed E-state index contributed by atoms with van der Waals surface area (Å²) >= 11 is 0. The Morgan fingerprint density at radius 1 is 1.13 bits per heavy atom. The SMILES string of the molecule is NC1CCC(Nc2ncc3c(n2)N(C2CC2)C(=O)N(c2ccc(F)c(O)c2F)C3)CC1. The van der Waals surface area contributed by atoms with Crippen LogP contribution in [0.5, 0.6) is 5.75 Å². The number of halogens is 2. The number of amides is 2. The maximum atomic E-state index is 14.5. The first-order valence-corrected chi connectivity index (χ1v) is 10.6. The van der Waals surface area contributed by atoms with Crippen LogP contribution in [0.4, 0.5) is 31.0 Å². The molecule has 2 saturated carbocycles. The van der Waals surface area contributed by atoms with Crippen LogP contribution in [0.1, 0.15) is 44.1 Å². The molecule has 4 N–H and O–H groups in total. The molecule has 0 spiro atoms. The summed E-state index contributed by atoms with van der Waals surface area (Å²) in [7, 11) is 0. The van der Waals surface area contributed by atoms with E-state index >= 15 is 0 Å². The first kappa shape index (κ1) is 19.9. The molecule has 0 radical (unpaired) electrons. The van der Waals surface area contributed by atoms with Crippen molar-refractivity contribution in [3.63, 3.8) is 0 Å². The lowest BCUT2D eigenvalue weighted by atomic mass is 9.92. The minimum Gasteiger partial charge on any atom is -0.503 e. The number of anilines is 3. The molecule has 0 bridgehead atoms. The third kappa shape index (κ3) is 3.65. The predicted molar refractivity (Wildman–Crippen MR) is 111 cm³/mol. The number of urea groups is 1. The van der Waals surface area contributed by atoms with Crippen LogP contribution in [-0.4, -0.2) is 39.2 Å². The van der Waals surface area contributed by atoms with Crippen molar-refractivity contribution in [1.29, 1.82) is 0 Å². The number of rotatable bonds is 4. The van der Waals surface area contributed by atoms with E-state index in [1.165, 1.54) is 4.90 Å². The third-order valence-electron chi connectivity index (χ3n) is 6.19. The Labute approximate surface area is 178 Å². The van der Waals surface area contributed by atoms with Gasteiger partial charge in [-0.3, -0.25) is 9.80 Å². The average molecular weight is 430 g/mol. The van der Waals surface area contributed by atoms with Gasteiger partial charge in [0.2, 0.25) is 5.95 Å². The second-order valence-electron chi connectivity index (χ2n) is 8.50. The minimum atomic E-state index is -1.16. The van der Waals surface area contributed by atoms with Crippen LogP contribution in [-0.2, 0) is 6.54 Å². The number of nitrogens with two attached hydrogens (primary N) is 1. The number of aromatic hydroxyl groups is 1. The smallest absolute Gasteiger partial charge is 0.330 e. The van der Waals surface area contributed by atoms with E-state index in [0.29, 0.717) is 17.3 Å². The highest BCUT2D eigenvalue weighted by atomic mass is 19.1. The van der Waals surface area contributed by atoms with Crippen LogP contribution in [0.2, 0.25) is 0 Å². The van der Waals surface area contributed by atoms with Crippen LogP contribution >= 0.6 is 0 Å². The maximum Gasteiger partial charge on any atom is 0.330 e. The van der Waals surface area contributed by atoms with Gasteiger partial charge in [0.1, 0.15) is 5.82 Å². The van der Waals surface area contributed by atoms with Crippen molar-refractivity contribution in [1.82, 2.24) is 9.97 Å². The molecule has 1 aliphatic heterocycles. The number of phenols is 1. The van der Waals surface area contributed by atoms with Gasteiger partial charge >= 0.3 is 6.03 Å². The molecular formula is C21H24F2N6O2. The van der Waals surface area contributed by atoms with Crippen molar-refractivity contribution in [2.24, 2.45) is 5.73 Å². The zero-order valence-corrected chi connectivity index (χ0v) is 16.9. The van der Waals surface area contributed by atoms with Gasteiger partial charge in [0.05, 0.1) is 12.2 Å². The maximum absolute atomic E-state index is 14.5. The number of phenolic OH excluding ortho intramolecular Hbond substituents is 1. The Balaban J connectivity index is 1.45. The van der Waals surface area contributed by atoms with Gasteiger partial charge in [0.25, 0.3) is 0 Å². The lowest BCUT2D eigenvalue weighted by Gasteiger charge is -2.36. The average Bonchev–Trinajstić information content (AvgIpc) is 3.59. The summed E-state index contributed by atoms with van der Waals surface area (Å²) in [5, 5.41) is 13.0. The molecule has 1 aromatic heterocycles. The lowest BCUT2D eigenvalue weighted by Crippen LogP contribution is -2.49. The molecule has 2 amide bonds. The zero-order valence-electron chi connectivity index (χ0n) is 16.9. The first-order valence-electron chi connectivity index (χ1n) is 10.6. The van der Waals surface area contributed by atoms with Crippen molar-refractivity contribution in [3.8, 4) is 5.75 Å². The topological polar surface area (TPSA) is 108 Å². The number of carbonyl (C=O) groups excluding carboxylic acids is 1. The van der Waals surface area contributed by atoms with Crippen molar-refractivity contribution in [2.45, 2.75) is 63.2 Å². The van der Waals surface area contributed by atoms with Gasteiger partial charge in [0, 0.05) is 29.9 Å². The number of nitrogens with zero attached hydrogens (tertiary/aromatic N) is 4. The number of nitrogens with one attached hydrogen (secondary N) is 1. The fraction of sp³-hybridized carbons (Fsp3) is 0.476. The molecule has 2 fully saturated rings. The van der Waals surface area contributed by atoms with Crippen LogP contribution in [0, 0.1) is 11.6 Å². The molecule has 0 atom stereocenters. The van der Waals surface area contributed by atoms with E-state index in [2.05, 4.69) is 15.3 Å². The Kier molecular flexibility index (Phi) is 4.88. The molecular weight excluding hydrogens is 406 g/mol. The Morgan fingerprint density at radius 2 is 1.87 bits per heavy atom. The normalized spacial score (nSPS) is 23.6. The van der Waals surface area contributed by atoms with Crippen LogP contribution in [0.15, 0.2) is 18.3 Å². The van der Waals surface area contributed by atoms with E-state index in [1.807, 2.05) is 0 Å². The zero-order chi connectivity index (χ0) is 21.7. The Bertz CT molecular complexity index is 1020. The van der Waals surface area contributed by atoms with Gasteiger partial charge in [-0.2, -0.15) is 4.98 Å². The predicted octanol–water partition coefficient (Wildman–Crippen LogP) is 3.25. The van der Waals surface area contributed by atoms with E-state index in [-0.39, 0.29) is 30.4 Å². The fourth-order valence-electron chi connectivity index (χ4n) is 4.28. The molecule has 1 aromatic carbocycles. The van der Waals surface area contributed by atoms with E-state index in [4.69, 9.17) is 5.73 Å². The highest BCUT2D eigenvalue weighted by Crippen LogP contribution is 2.40. The van der Waals surface area contributed by atoms with Gasteiger partial charge in [-0.1, -0.05) is 0 Å². The van der Waals surface area contributed by atoms with Crippen LogP contribution in [0.3, 0.4) is 0 Å². The van der Waals surface area contributed by atoms with E-state index in [9.17, 15) is 18.7 Å². The second kappa shape index (κ2) is 7.60. The molecule has 31 heavy (non-hydrogen) atoms. The number of fused-ring (bicyclic) bond motifs is 1. The van der Waals surface area contributed by atoms with Crippen LogP contribution < -0.4 is 20.9 Å². The minimum absolute atomic E-state index is 0.0257. The number of carbonyl (C=O) groups is 1. The van der Waals surface area contributed by atoms with Crippen molar-refractivity contribution >= 4 is 23.5 Å². The standard InChI is InChI=1S/C21H24F2N6O2/c22-15-7-8-16(17(23)18(15)30)28-10-11-9-25-20(26-13-3-1-12(24)2-4-13)27-19(11)29(21(28)31)14-5-6-14/h7-9,12-14,30H,1-6,10,24H2,(H,25,26,27). The molecule has 3 aliphatic rings. The molecule has 2 aliphatic carbocycles. The first-order chi connectivity index (χ1) is 14.9. The lowest BCUT2D eigenvalue weighted by molar-refractivity contribution is 0.249. The molecule has 0 unspecified atom stereocenters. The van der Waals surface area contributed by atoms with E-state index < -0.39 is 23.4 Å². The van der Waals surface area contributed by atoms with Crippen molar-refractivity contribution in [3.05, 3.63) is 35.5 Å². The van der Waals surface area contributed by atoms with Gasteiger partial charge < -0.3 is 16.2 Å². The fourth-order valence-corrected chi connectivity index (χ4v) is 4.28. The van der Waals surface area contributed by atoms with Gasteiger partial charge in [-0.05, 0) is 50.7 Å². The second-order valence-corrected chi connectivity index (χ2v) is 8.50. The summed E-state index contributed by atoms with van der Waals surface area (Å²) < 4.78 is 28.0. The monoisotopic (exact) mass is 430 g/mol. The molecule has 2 aromatic rings. The van der Waals surface area contributed by atoms with Crippen LogP contribution in [0.25, 0.3) is 0 Å². The molecule has 10 heteroatoms. The molecule has 8 nitrogen and oxygen atoms in total. The summed E-state index contributed by atoms with van der Waals surface area (Å²) in [4.78, 5) is 25.0. The summed E-state index contributed by atoms with van der Waals surface area (Å²) in [5.41, 5.74) is 6.45. The summed E-state index contributed by atoms with van der Waals surface area (Å²) in [6.45, 7) is 0.0257. The number of hydrogen-bond donors (Lipinski definition) is 3. The molecule has 164 valence electrons. The molecule has 0 saturated heterocycles. The quantitative estimate of drug-likeness (QED) is 0.687. The van der Waals surface area contributed by atoms with E-state index in [0.717, 1.165) is 50.7 Å². The molecule has 5 rings (SSSR count). The molecule has 2 heterocycles. The summed E-state index contributed by atoms with van der Waals surface area (Å²) in [5.74, 6) is -2.37. The number of aromatic nitrogens is 2. The Hall–Kier alpha value is -3.01. The Morgan fingerprint density at radius 3 is 2.58 bits per heavy atom. The van der Waals surface area contributed by atoms with E-state index in [1.54, 1.807) is 11.1 Å². The number of benzene rings is 1. The van der Waals surface area contributed by atoms with Gasteiger partial charge in [-0.15, -0.1) is 0 Å². The largest absolute Gasteiger partial charge is 0.503 e. The van der Waals surface area contributed by atoms with Gasteiger partial charge in [0.15, 0.2) is 17.4 Å². The van der Waals surface area contributed by atoms with Crippen molar-refractivity contribution in [2.75, 3.05) is 15.1 Å². The number of hydrogen-bond acceptors (Lipinski definition) is 6.